The van der Waals surface area contributed by atoms with Crippen LogP contribution in [-0.2, 0) is 12.8 Å². The third-order valence-electron chi connectivity index (χ3n) is 3.82. The molecule has 0 aliphatic carbocycles. The molecule has 0 spiro atoms. The van der Waals surface area contributed by atoms with Gasteiger partial charge >= 0.3 is 6.18 Å². The lowest BCUT2D eigenvalue weighted by molar-refractivity contribution is -0.137. The summed E-state index contributed by atoms with van der Waals surface area (Å²) in [5.41, 5.74) is -0.496. The number of benzene rings is 2. The van der Waals surface area contributed by atoms with E-state index < -0.39 is 11.7 Å². The van der Waals surface area contributed by atoms with Gasteiger partial charge in [-0.3, -0.25) is 4.79 Å². The zero-order valence-electron chi connectivity index (χ0n) is 14.7. The SMILES string of the molecule is O=C(/C=C/c1ccc(COc2cccc(C(F)(F)F)c2)o1)c1ccc(Cl)cc1Cl. The highest BCUT2D eigenvalue weighted by Gasteiger charge is 2.30. The fraction of sp³-hybridized carbons (Fsp3) is 0.0952. The van der Waals surface area contributed by atoms with Crippen LogP contribution in [0.5, 0.6) is 5.75 Å². The van der Waals surface area contributed by atoms with E-state index in [4.69, 9.17) is 32.4 Å². The van der Waals surface area contributed by atoms with Crippen molar-refractivity contribution in [1.82, 2.24) is 0 Å². The second kappa shape index (κ2) is 8.76. The van der Waals surface area contributed by atoms with Gasteiger partial charge in [0.2, 0.25) is 0 Å². The first kappa shape index (κ1) is 21.0. The lowest BCUT2D eigenvalue weighted by atomic mass is 10.1. The average Bonchev–Trinajstić information content (AvgIpc) is 3.12. The van der Waals surface area contributed by atoms with Crippen LogP contribution in [-0.4, -0.2) is 5.78 Å². The molecule has 29 heavy (non-hydrogen) atoms. The Labute approximate surface area is 174 Å². The highest BCUT2D eigenvalue weighted by molar-refractivity contribution is 6.37. The summed E-state index contributed by atoms with van der Waals surface area (Å²) in [6.07, 6.45) is -1.69. The number of allylic oxidation sites excluding steroid dienone is 1. The molecule has 3 nitrogen and oxygen atoms in total. The number of ketones is 1. The largest absolute Gasteiger partial charge is 0.486 e. The summed E-state index contributed by atoms with van der Waals surface area (Å²) < 4.78 is 49.0. The van der Waals surface area contributed by atoms with Crippen molar-refractivity contribution in [2.45, 2.75) is 12.8 Å². The number of ether oxygens (including phenoxy) is 1. The average molecular weight is 441 g/mol. The van der Waals surface area contributed by atoms with Gasteiger partial charge in [-0.25, -0.2) is 0 Å². The Bertz CT molecular complexity index is 1060. The second-order valence-electron chi connectivity index (χ2n) is 5.94. The van der Waals surface area contributed by atoms with E-state index in [9.17, 15) is 18.0 Å². The third kappa shape index (κ3) is 5.65. The van der Waals surface area contributed by atoms with Gasteiger partial charge in [0.25, 0.3) is 0 Å². The summed E-state index contributed by atoms with van der Waals surface area (Å²) >= 11 is 11.8. The zero-order chi connectivity index (χ0) is 21.0. The summed E-state index contributed by atoms with van der Waals surface area (Å²) in [5.74, 6) is 0.510. The van der Waals surface area contributed by atoms with Crippen LogP contribution in [0.15, 0.2) is 65.1 Å². The van der Waals surface area contributed by atoms with E-state index in [0.717, 1.165) is 12.1 Å². The number of halogens is 5. The number of alkyl halides is 3. The van der Waals surface area contributed by atoms with Gasteiger partial charge in [0.05, 0.1) is 10.6 Å². The first-order valence-electron chi connectivity index (χ1n) is 8.28. The van der Waals surface area contributed by atoms with E-state index in [1.54, 1.807) is 18.2 Å². The van der Waals surface area contributed by atoms with Crippen LogP contribution in [0.2, 0.25) is 10.0 Å². The number of furan rings is 1. The summed E-state index contributed by atoms with van der Waals surface area (Å²) in [6.45, 7) is -0.0634. The Morgan fingerprint density at radius 1 is 1.07 bits per heavy atom. The molecule has 0 N–H and O–H groups in total. The molecule has 0 atom stereocenters. The van der Waals surface area contributed by atoms with Gasteiger partial charge < -0.3 is 9.15 Å². The zero-order valence-corrected chi connectivity index (χ0v) is 16.2. The van der Waals surface area contributed by atoms with Crippen molar-refractivity contribution in [3.63, 3.8) is 0 Å². The monoisotopic (exact) mass is 440 g/mol. The van der Waals surface area contributed by atoms with Gasteiger partial charge in [-0.05, 0) is 60.7 Å². The number of hydrogen-bond donors (Lipinski definition) is 0. The predicted molar refractivity (Wildman–Crippen MR) is 104 cm³/mol. The van der Waals surface area contributed by atoms with E-state index in [1.807, 2.05) is 0 Å². The van der Waals surface area contributed by atoms with Crippen LogP contribution in [0.25, 0.3) is 6.08 Å². The molecule has 1 heterocycles. The number of hydrogen-bond acceptors (Lipinski definition) is 3. The molecule has 0 aliphatic rings. The second-order valence-corrected chi connectivity index (χ2v) is 6.78. The van der Waals surface area contributed by atoms with Gasteiger partial charge in [-0.2, -0.15) is 13.2 Å². The van der Waals surface area contributed by atoms with Crippen LogP contribution in [0.1, 0.15) is 27.4 Å². The highest BCUT2D eigenvalue weighted by Crippen LogP contribution is 2.31. The molecule has 150 valence electrons. The van der Waals surface area contributed by atoms with Gasteiger partial charge in [0.15, 0.2) is 5.78 Å². The molecule has 0 saturated heterocycles. The Hall–Kier alpha value is -2.70. The molecule has 1 aromatic heterocycles. The molecular weight excluding hydrogens is 428 g/mol. The van der Waals surface area contributed by atoms with E-state index in [1.165, 1.54) is 36.4 Å². The van der Waals surface area contributed by atoms with E-state index >= 15 is 0 Å². The minimum absolute atomic E-state index is 0.0634. The number of rotatable bonds is 6. The van der Waals surface area contributed by atoms with Crippen molar-refractivity contribution >= 4 is 35.1 Å². The molecule has 0 bridgehead atoms. The fourth-order valence-corrected chi connectivity index (χ4v) is 2.92. The van der Waals surface area contributed by atoms with Gasteiger partial charge in [0, 0.05) is 10.6 Å². The minimum Gasteiger partial charge on any atom is -0.486 e. The summed E-state index contributed by atoms with van der Waals surface area (Å²) in [5, 5.41) is 0.661. The molecule has 3 aromatic rings. The summed E-state index contributed by atoms with van der Waals surface area (Å²) in [6, 6.07) is 12.3. The molecule has 0 aliphatic heterocycles. The Morgan fingerprint density at radius 3 is 2.59 bits per heavy atom. The molecule has 2 aromatic carbocycles. The molecule has 0 radical (unpaired) electrons. The predicted octanol–water partition coefficient (Wildman–Crippen LogP) is 7.08. The maximum atomic E-state index is 12.7. The van der Waals surface area contributed by atoms with Crippen molar-refractivity contribution < 1.29 is 27.1 Å². The van der Waals surface area contributed by atoms with Crippen molar-refractivity contribution in [1.29, 1.82) is 0 Å². The molecule has 0 amide bonds. The van der Waals surface area contributed by atoms with Crippen LogP contribution in [0.3, 0.4) is 0 Å². The van der Waals surface area contributed by atoms with Crippen molar-refractivity contribution in [3.8, 4) is 5.75 Å². The quantitative estimate of drug-likeness (QED) is 0.303. The van der Waals surface area contributed by atoms with Crippen LogP contribution >= 0.6 is 23.2 Å². The van der Waals surface area contributed by atoms with Crippen molar-refractivity contribution in [2.75, 3.05) is 0 Å². The normalized spacial score (nSPS) is 11.8. The van der Waals surface area contributed by atoms with Crippen LogP contribution in [0, 0.1) is 0 Å². The maximum Gasteiger partial charge on any atom is 0.416 e. The van der Waals surface area contributed by atoms with Crippen LogP contribution < -0.4 is 4.74 Å². The molecule has 0 fully saturated rings. The van der Waals surface area contributed by atoms with E-state index in [2.05, 4.69) is 0 Å². The maximum absolute atomic E-state index is 12.7. The molecule has 0 unspecified atom stereocenters. The lowest BCUT2D eigenvalue weighted by Crippen LogP contribution is -2.05. The smallest absolute Gasteiger partial charge is 0.416 e. The molecule has 0 saturated carbocycles. The summed E-state index contributed by atoms with van der Waals surface area (Å²) in [7, 11) is 0. The summed E-state index contributed by atoms with van der Waals surface area (Å²) in [4.78, 5) is 12.2. The molecule has 3 rings (SSSR count). The van der Waals surface area contributed by atoms with Gasteiger partial charge in [-0.15, -0.1) is 0 Å². The van der Waals surface area contributed by atoms with Crippen molar-refractivity contribution in [3.05, 3.63) is 93.4 Å². The molecular formula is C21H13Cl2F3O3. The number of carbonyl (C=O) groups is 1. The third-order valence-corrected chi connectivity index (χ3v) is 4.37. The van der Waals surface area contributed by atoms with Crippen molar-refractivity contribution in [2.24, 2.45) is 0 Å². The standard InChI is InChI=1S/C21H13Cl2F3O3/c22-14-4-8-18(19(23)11-14)20(27)9-7-15-5-6-17(29-15)12-28-16-3-1-2-13(10-16)21(24,25)26/h1-11H,12H2/b9-7+. The number of carbonyl (C=O) groups excluding carboxylic acids is 1. The fourth-order valence-electron chi connectivity index (χ4n) is 2.42. The first-order chi connectivity index (χ1) is 13.7. The molecule has 8 heteroatoms. The van der Waals surface area contributed by atoms with E-state index in [0.29, 0.717) is 22.1 Å². The minimum atomic E-state index is -4.44. The van der Waals surface area contributed by atoms with E-state index in [-0.39, 0.29) is 23.2 Å². The highest BCUT2D eigenvalue weighted by atomic mass is 35.5. The Kier molecular flexibility index (Phi) is 6.35. The first-order valence-corrected chi connectivity index (χ1v) is 9.04. The van der Waals surface area contributed by atoms with Crippen LogP contribution in [0.4, 0.5) is 13.2 Å². The topological polar surface area (TPSA) is 39.4 Å². The van der Waals surface area contributed by atoms with Gasteiger partial charge in [0.1, 0.15) is 23.9 Å². The lowest BCUT2D eigenvalue weighted by Gasteiger charge is -2.09. The Morgan fingerprint density at radius 2 is 1.86 bits per heavy atom. The van der Waals surface area contributed by atoms with Gasteiger partial charge in [-0.1, -0.05) is 29.3 Å². The Balaban J connectivity index is 1.62.